The van der Waals surface area contributed by atoms with Gasteiger partial charge in [0, 0.05) is 16.7 Å². The molecule has 0 aliphatic carbocycles. The Hall–Kier alpha value is -7.23. The molecule has 0 amide bonds. The average Bonchev–Trinajstić information content (AvgIpc) is 3.26. The molecule has 0 spiro atoms. The fourth-order valence-electron chi connectivity index (χ4n) is 7.54. The molecule has 0 atom stereocenters. The first-order chi connectivity index (χ1) is 26.7. The summed E-state index contributed by atoms with van der Waals surface area (Å²) in [6.07, 6.45) is 0. The van der Waals surface area contributed by atoms with Crippen molar-refractivity contribution in [3.63, 3.8) is 0 Å². The Morgan fingerprint density at radius 3 is 1.07 bits per heavy atom. The monoisotopic (exact) mass is 687 g/mol. The fraction of sp³-hybridized carbons (Fsp3) is 0. The molecule has 0 saturated carbocycles. The van der Waals surface area contributed by atoms with Gasteiger partial charge in [-0.05, 0) is 90.0 Å². The van der Waals surface area contributed by atoms with Gasteiger partial charge in [0.15, 0.2) is 17.5 Å². The lowest BCUT2D eigenvalue weighted by Crippen LogP contribution is -2.00. The van der Waals surface area contributed by atoms with Gasteiger partial charge < -0.3 is 0 Å². The molecule has 3 heteroatoms. The van der Waals surface area contributed by atoms with E-state index in [1.165, 1.54) is 44.2 Å². The highest BCUT2D eigenvalue weighted by Crippen LogP contribution is 2.41. The van der Waals surface area contributed by atoms with E-state index in [4.69, 9.17) is 15.0 Å². The van der Waals surface area contributed by atoms with E-state index in [0.717, 1.165) is 38.2 Å². The lowest BCUT2D eigenvalue weighted by atomic mass is 9.87. The Morgan fingerprint density at radius 1 is 0.222 bits per heavy atom. The molecular weight excluding hydrogens is 655 g/mol. The molecule has 9 aromatic carbocycles. The van der Waals surface area contributed by atoms with Crippen LogP contribution in [-0.4, -0.2) is 15.0 Å². The van der Waals surface area contributed by atoms with Gasteiger partial charge >= 0.3 is 0 Å². The van der Waals surface area contributed by atoms with Crippen LogP contribution in [-0.2, 0) is 0 Å². The highest BCUT2D eigenvalue weighted by Gasteiger charge is 2.16. The molecule has 3 nitrogen and oxygen atoms in total. The van der Waals surface area contributed by atoms with Crippen molar-refractivity contribution in [1.82, 2.24) is 15.0 Å². The molecule has 0 aliphatic rings. The molecule has 0 radical (unpaired) electrons. The quantitative estimate of drug-likeness (QED) is 0.175. The van der Waals surface area contributed by atoms with Crippen LogP contribution in [0.4, 0.5) is 0 Å². The molecule has 0 unspecified atom stereocenters. The summed E-state index contributed by atoms with van der Waals surface area (Å²) in [6, 6.07) is 70.8. The molecule has 0 N–H and O–H groups in total. The highest BCUT2D eigenvalue weighted by atomic mass is 15.0. The van der Waals surface area contributed by atoms with Crippen LogP contribution in [0.3, 0.4) is 0 Å². The molecule has 252 valence electrons. The number of hydrogen-bond acceptors (Lipinski definition) is 3. The van der Waals surface area contributed by atoms with E-state index >= 15 is 0 Å². The molecule has 0 aliphatic heterocycles. The fourth-order valence-corrected chi connectivity index (χ4v) is 7.54. The van der Waals surface area contributed by atoms with Crippen LogP contribution in [0.25, 0.3) is 99.9 Å². The lowest BCUT2D eigenvalue weighted by molar-refractivity contribution is 1.08. The van der Waals surface area contributed by atoms with Crippen LogP contribution in [0.2, 0.25) is 0 Å². The maximum absolute atomic E-state index is 5.10. The summed E-state index contributed by atoms with van der Waals surface area (Å²) >= 11 is 0. The van der Waals surface area contributed by atoms with Crippen molar-refractivity contribution in [2.24, 2.45) is 0 Å². The molecule has 1 heterocycles. The summed E-state index contributed by atoms with van der Waals surface area (Å²) in [5, 5.41) is 6.94. The van der Waals surface area contributed by atoms with Crippen LogP contribution in [0.1, 0.15) is 0 Å². The second-order valence-corrected chi connectivity index (χ2v) is 13.7. The maximum atomic E-state index is 5.10. The Labute approximate surface area is 313 Å². The number of aromatic nitrogens is 3. The molecule has 0 saturated heterocycles. The zero-order valence-electron chi connectivity index (χ0n) is 29.4. The summed E-state index contributed by atoms with van der Waals surface area (Å²) in [7, 11) is 0. The smallest absolute Gasteiger partial charge is 0.164 e. The van der Waals surface area contributed by atoms with E-state index < -0.39 is 0 Å². The van der Waals surface area contributed by atoms with Crippen LogP contribution < -0.4 is 0 Å². The summed E-state index contributed by atoms with van der Waals surface area (Å²) in [5.41, 5.74) is 10.1. The summed E-state index contributed by atoms with van der Waals surface area (Å²) in [6.45, 7) is 0. The van der Waals surface area contributed by atoms with Gasteiger partial charge in [0.1, 0.15) is 0 Å². The standard InChI is InChI=1S/C51H33N3/c1-3-14-36(15-4-1)46-20-11-21-47(48(46)37-16-5-2-6-17-37)42-26-24-41-33-45(29-25-40(41)30-42)51-53-49(43-27-22-34-12-7-9-18-38(34)31-43)52-50(54-51)44-28-23-35-13-8-10-19-39(35)32-44/h1-33H. The van der Waals surface area contributed by atoms with Crippen molar-refractivity contribution in [2.45, 2.75) is 0 Å². The van der Waals surface area contributed by atoms with Gasteiger partial charge in [-0.15, -0.1) is 0 Å². The van der Waals surface area contributed by atoms with E-state index in [2.05, 4.69) is 200 Å². The van der Waals surface area contributed by atoms with Crippen molar-refractivity contribution in [3.05, 3.63) is 200 Å². The zero-order valence-corrected chi connectivity index (χ0v) is 29.4. The van der Waals surface area contributed by atoms with Gasteiger partial charge in [0.05, 0.1) is 0 Å². The van der Waals surface area contributed by atoms with Crippen LogP contribution in [0, 0.1) is 0 Å². The minimum absolute atomic E-state index is 0.643. The van der Waals surface area contributed by atoms with E-state index in [9.17, 15) is 0 Å². The van der Waals surface area contributed by atoms with E-state index in [1.807, 2.05) is 0 Å². The van der Waals surface area contributed by atoms with Gasteiger partial charge in [0.25, 0.3) is 0 Å². The maximum Gasteiger partial charge on any atom is 0.164 e. The number of fused-ring (bicyclic) bond motifs is 3. The van der Waals surface area contributed by atoms with Crippen molar-refractivity contribution >= 4 is 32.3 Å². The highest BCUT2D eigenvalue weighted by molar-refractivity contribution is 5.98. The first kappa shape index (κ1) is 31.5. The second-order valence-electron chi connectivity index (χ2n) is 13.7. The Balaban J connectivity index is 1.09. The molecular formula is C51H33N3. The van der Waals surface area contributed by atoms with Gasteiger partial charge in [-0.1, -0.05) is 176 Å². The average molecular weight is 688 g/mol. The predicted octanol–water partition coefficient (Wildman–Crippen LogP) is 13.3. The SMILES string of the molecule is c1ccc(-c2cccc(-c3ccc4cc(-c5nc(-c6ccc7ccccc7c6)nc(-c6ccc7ccccc7c6)n5)ccc4c3)c2-c2ccccc2)cc1. The molecule has 10 rings (SSSR count). The Morgan fingerprint density at radius 2 is 0.574 bits per heavy atom. The number of rotatable bonds is 6. The summed E-state index contributed by atoms with van der Waals surface area (Å²) < 4.78 is 0. The van der Waals surface area contributed by atoms with Gasteiger partial charge in [0.2, 0.25) is 0 Å². The number of benzene rings is 9. The minimum Gasteiger partial charge on any atom is -0.208 e. The third-order valence-corrected chi connectivity index (χ3v) is 10.3. The predicted molar refractivity (Wildman–Crippen MR) is 225 cm³/mol. The van der Waals surface area contributed by atoms with Gasteiger partial charge in [-0.2, -0.15) is 0 Å². The van der Waals surface area contributed by atoms with E-state index in [0.29, 0.717) is 17.5 Å². The Bertz CT molecular complexity index is 2890. The largest absolute Gasteiger partial charge is 0.208 e. The number of nitrogens with zero attached hydrogens (tertiary/aromatic N) is 3. The van der Waals surface area contributed by atoms with Crippen molar-refractivity contribution in [1.29, 1.82) is 0 Å². The van der Waals surface area contributed by atoms with Crippen molar-refractivity contribution in [2.75, 3.05) is 0 Å². The topological polar surface area (TPSA) is 38.7 Å². The van der Waals surface area contributed by atoms with Crippen LogP contribution in [0.15, 0.2) is 200 Å². The van der Waals surface area contributed by atoms with E-state index in [1.54, 1.807) is 0 Å². The molecule has 0 fully saturated rings. The lowest BCUT2D eigenvalue weighted by Gasteiger charge is -2.17. The van der Waals surface area contributed by atoms with Crippen LogP contribution >= 0.6 is 0 Å². The first-order valence-corrected chi connectivity index (χ1v) is 18.3. The van der Waals surface area contributed by atoms with Crippen molar-refractivity contribution in [3.8, 4) is 67.5 Å². The second kappa shape index (κ2) is 13.4. The van der Waals surface area contributed by atoms with Gasteiger partial charge in [-0.3, -0.25) is 0 Å². The molecule has 10 aromatic rings. The molecule has 0 bridgehead atoms. The minimum atomic E-state index is 0.643. The number of hydrogen-bond donors (Lipinski definition) is 0. The first-order valence-electron chi connectivity index (χ1n) is 18.3. The molecule has 54 heavy (non-hydrogen) atoms. The normalized spacial score (nSPS) is 11.3. The zero-order chi connectivity index (χ0) is 35.8. The van der Waals surface area contributed by atoms with Crippen molar-refractivity contribution < 1.29 is 0 Å². The molecule has 1 aromatic heterocycles. The summed E-state index contributed by atoms with van der Waals surface area (Å²) in [5.74, 6) is 1.94. The third kappa shape index (κ3) is 5.88. The van der Waals surface area contributed by atoms with E-state index in [-0.39, 0.29) is 0 Å². The third-order valence-electron chi connectivity index (χ3n) is 10.3. The van der Waals surface area contributed by atoms with Gasteiger partial charge in [-0.25, -0.2) is 15.0 Å². The summed E-state index contributed by atoms with van der Waals surface area (Å²) in [4.78, 5) is 15.3. The Kier molecular flexibility index (Phi) is 7.81. The van der Waals surface area contributed by atoms with Crippen LogP contribution in [0.5, 0.6) is 0 Å².